The molecule has 0 N–H and O–H groups in total. The van der Waals surface area contributed by atoms with Crippen LogP contribution >= 0.6 is 0 Å². The smallest absolute Gasteiger partial charge is 0.267 e. The van der Waals surface area contributed by atoms with Crippen molar-refractivity contribution in [1.82, 2.24) is 0 Å². The summed E-state index contributed by atoms with van der Waals surface area (Å²) in [5.74, 6) is -0.114. The molecule has 1 atom stereocenters. The van der Waals surface area contributed by atoms with E-state index >= 15 is 0 Å². The summed E-state index contributed by atoms with van der Waals surface area (Å²) >= 11 is 0. The van der Waals surface area contributed by atoms with Gasteiger partial charge in [0, 0.05) is 19.0 Å². The van der Waals surface area contributed by atoms with E-state index in [-0.39, 0.29) is 5.91 Å². The number of fused-ring (bicyclic) bond motifs is 1. The van der Waals surface area contributed by atoms with Crippen molar-refractivity contribution in [3.63, 3.8) is 0 Å². The summed E-state index contributed by atoms with van der Waals surface area (Å²) in [7, 11) is 1.77. The molecule has 1 unspecified atom stereocenters. The van der Waals surface area contributed by atoms with Crippen molar-refractivity contribution < 1.29 is 14.6 Å². The molecule has 1 aliphatic heterocycles. The van der Waals surface area contributed by atoms with Gasteiger partial charge in [-0.05, 0) is 32.4 Å². The monoisotopic (exact) mass is 325 g/mol. The van der Waals surface area contributed by atoms with E-state index in [1.54, 1.807) is 11.9 Å². The molecule has 24 heavy (non-hydrogen) atoms. The third-order valence-corrected chi connectivity index (χ3v) is 4.08. The van der Waals surface area contributed by atoms with Gasteiger partial charge in [0.2, 0.25) is 5.60 Å². The zero-order valence-corrected chi connectivity index (χ0v) is 14.6. The zero-order chi connectivity index (χ0) is 17.4. The Morgan fingerprint density at radius 3 is 2.29 bits per heavy atom. The Morgan fingerprint density at radius 1 is 1.00 bits per heavy atom. The largest absolute Gasteiger partial charge is 0.312 e. The molecule has 0 saturated carbocycles. The minimum atomic E-state index is -1.17. The Bertz CT molecular complexity index is 736. The van der Waals surface area contributed by atoms with Crippen molar-refractivity contribution in [2.24, 2.45) is 0 Å². The van der Waals surface area contributed by atoms with E-state index in [1.165, 1.54) is 0 Å². The fourth-order valence-corrected chi connectivity index (χ4v) is 2.96. The van der Waals surface area contributed by atoms with E-state index in [4.69, 9.17) is 9.78 Å². The summed E-state index contributed by atoms with van der Waals surface area (Å²) in [4.78, 5) is 26.3. The number of benzene rings is 2. The molecule has 0 aromatic heterocycles. The van der Waals surface area contributed by atoms with Crippen LogP contribution in [-0.2, 0) is 26.6 Å². The van der Waals surface area contributed by atoms with Gasteiger partial charge in [0.15, 0.2) is 0 Å². The predicted octanol–water partition coefficient (Wildman–Crippen LogP) is 3.85. The second kappa shape index (κ2) is 6.04. The number of hydrogen-bond donors (Lipinski definition) is 0. The Hall–Kier alpha value is -2.17. The summed E-state index contributed by atoms with van der Waals surface area (Å²) in [5, 5.41) is 0. The lowest BCUT2D eigenvalue weighted by atomic mass is 9.88. The van der Waals surface area contributed by atoms with E-state index in [9.17, 15) is 4.79 Å². The van der Waals surface area contributed by atoms with Gasteiger partial charge in [-0.3, -0.25) is 4.79 Å². The quantitative estimate of drug-likeness (QED) is 0.633. The van der Waals surface area contributed by atoms with Gasteiger partial charge in [-0.1, -0.05) is 48.5 Å². The SMILES string of the molecule is CN1C(=O)C(Cc2ccccc2)(OOC(C)(C)C)c2ccccc21. The van der Waals surface area contributed by atoms with E-state index in [0.717, 1.165) is 16.8 Å². The number of para-hydroxylation sites is 1. The maximum absolute atomic E-state index is 13.1. The van der Waals surface area contributed by atoms with Gasteiger partial charge in [-0.2, -0.15) is 0 Å². The molecular formula is C20H23NO3. The van der Waals surface area contributed by atoms with Crippen molar-refractivity contribution in [3.8, 4) is 0 Å². The molecule has 126 valence electrons. The second-order valence-electron chi connectivity index (χ2n) is 7.15. The average Bonchev–Trinajstić information content (AvgIpc) is 2.76. The van der Waals surface area contributed by atoms with Crippen LogP contribution in [0.1, 0.15) is 31.9 Å². The third-order valence-electron chi connectivity index (χ3n) is 4.08. The number of amides is 1. The van der Waals surface area contributed by atoms with Gasteiger partial charge in [0.05, 0.1) is 11.3 Å². The molecule has 0 fully saturated rings. The average molecular weight is 325 g/mol. The molecule has 0 bridgehead atoms. The van der Waals surface area contributed by atoms with Crippen LogP contribution in [-0.4, -0.2) is 18.6 Å². The van der Waals surface area contributed by atoms with E-state index < -0.39 is 11.2 Å². The van der Waals surface area contributed by atoms with Crippen molar-refractivity contribution in [1.29, 1.82) is 0 Å². The molecule has 4 heteroatoms. The van der Waals surface area contributed by atoms with Crippen LogP contribution in [0.25, 0.3) is 0 Å². The number of rotatable bonds is 4. The number of carbonyl (C=O) groups excluding carboxylic acids is 1. The molecule has 1 amide bonds. The van der Waals surface area contributed by atoms with E-state index in [1.807, 2.05) is 75.4 Å². The molecule has 0 aliphatic carbocycles. The highest BCUT2D eigenvalue weighted by Gasteiger charge is 2.52. The number of hydrogen-bond acceptors (Lipinski definition) is 3. The molecular weight excluding hydrogens is 302 g/mol. The molecule has 0 radical (unpaired) electrons. The number of carbonyl (C=O) groups is 1. The molecule has 1 heterocycles. The lowest BCUT2D eigenvalue weighted by Gasteiger charge is -2.30. The first-order valence-electron chi connectivity index (χ1n) is 8.12. The number of nitrogens with zero attached hydrogens (tertiary/aromatic N) is 1. The topological polar surface area (TPSA) is 38.8 Å². The van der Waals surface area contributed by atoms with Crippen LogP contribution in [0.3, 0.4) is 0 Å². The molecule has 2 aromatic rings. The van der Waals surface area contributed by atoms with E-state index in [2.05, 4.69) is 0 Å². The maximum atomic E-state index is 13.1. The third kappa shape index (κ3) is 2.95. The summed E-state index contributed by atoms with van der Waals surface area (Å²) < 4.78 is 0. The van der Waals surface area contributed by atoms with Crippen LogP contribution in [0.5, 0.6) is 0 Å². The minimum Gasteiger partial charge on any atom is -0.312 e. The van der Waals surface area contributed by atoms with Crippen LogP contribution in [0.2, 0.25) is 0 Å². The van der Waals surface area contributed by atoms with Crippen molar-refractivity contribution >= 4 is 11.6 Å². The highest BCUT2D eigenvalue weighted by atomic mass is 17.2. The Balaban J connectivity index is 2.07. The Morgan fingerprint density at radius 2 is 1.62 bits per heavy atom. The summed E-state index contributed by atoms with van der Waals surface area (Å²) in [6.45, 7) is 5.70. The van der Waals surface area contributed by atoms with Gasteiger partial charge < -0.3 is 4.90 Å². The van der Waals surface area contributed by atoms with Gasteiger partial charge in [-0.15, -0.1) is 0 Å². The molecule has 3 rings (SSSR count). The first kappa shape index (κ1) is 16.7. The molecule has 0 saturated heterocycles. The summed E-state index contributed by atoms with van der Waals surface area (Å²) in [5.41, 5.74) is 1.04. The number of anilines is 1. The lowest BCUT2D eigenvalue weighted by Crippen LogP contribution is -2.44. The first-order chi connectivity index (χ1) is 11.3. The van der Waals surface area contributed by atoms with Crippen molar-refractivity contribution in [2.75, 3.05) is 11.9 Å². The first-order valence-corrected chi connectivity index (χ1v) is 8.12. The fourth-order valence-electron chi connectivity index (χ4n) is 2.96. The van der Waals surface area contributed by atoms with Crippen LogP contribution < -0.4 is 4.90 Å². The Kier molecular flexibility index (Phi) is 4.20. The van der Waals surface area contributed by atoms with Gasteiger partial charge in [0.1, 0.15) is 0 Å². The van der Waals surface area contributed by atoms with Crippen LogP contribution in [0, 0.1) is 0 Å². The summed E-state index contributed by atoms with van der Waals surface area (Å²) in [6.07, 6.45) is 0.421. The molecule has 2 aromatic carbocycles. The molecule has 1 aliphatic rings. The van der Waals surface area contributed by atoms with Gasteiger partial charge in [0.25, 0.3) is 5.91 Å². The highest BCUT2D eigenvalue weighted by molar-refractivity contribution is 6.06. The van der Waals surface area contributed by atoms with Crippen molar-refractivity contribution in [2.45, 2.75) is 38.4 Å². The summed E-state index contributed by atoms with van der Waals surface area (Å²) in [6, 6.07) is 17.6. The maximum Gasteiger partial charge on any atom is 0.267 e. The molecule has 0 spiro atoms. The Labute approximate surface area is 142 Å². The molecule has 4 nitrogen and oxygen atoms in total. The number of likely N-dealkylation sites (N-methyl/N-ethyl adjacent to an activating group) is 1. The van der Waals surface area contributed by atoms with Crippen LogP contribution in [0.4, 0.5) is 5.69 Å². The minimum absolute atomic E-state index is 0.114. The van der Waals surface area contributed by atoms with Gasteiger partial charge in [-0.25, -0.2) is 9.78 Å². The second-order valence-corrected chi connectivity index (χ2v) is 7.15. The lowest BCUT2D eigenvalue weighted by molar-refractivity contribution is -0.396. The predicted molar refractivity (Wildman–Crippen MR) is 93.6 cm³/mol. The standard InChI is InChI=1S/C20H23NO3/c1-19(2,3)23-24-20(14-15-10-6-5-7-11-15)16-12-8-9-13-17(16)21(4)18(20)22/h5-13H,14H2,1-4H3. The van der Waals surface area contributed by atoms with Gasteiger partial charge >= 0.3 is 0 Å². The van der Waals surface area contributed by atoms with Crippen molar-refractivity contribution in [3.05, 3.63) is 65.7 Å². The zero-order valence-electron chi connectivity index (χ0n) is 14.6. The normalized spacial score (nSPS) is 20.3. The van der Waals surface area contributed by atoms with E-state index in [0.29, 0.717) is 6.42 Å². The fraction of sp³-hybridized carbons (Fsp3) is 0.350. The van der Waals surface area contributed by atoms with Crippen LogP contribution in [0.15, 0.2) is 54.6 Å². The highest BCUT2D eigenvalue weighted by Crippen LogP contribution is 2.44.